The number of anilines is 1. The summed E-state index contributed by atoms with van der Waals surface area (Å²) in [4.78, 5) is 19.8. The van der Waals surface area contributed by atoms with Crippen molar-refractivity contribution in [3.63, 3.8) is 0 Å². The van der Waals surface area contributed by atoms with E-state index in [0.29, 0.717) is 0 Å². The summed E-state index contributed by atoms with van der Waals surface area (Å²) >= 11 is 0. The highest BCUT2D eigenvalue weighted by Gasteiger charge is 2.32. The molecule has 1 aliphatic carbocycles. The Morgan fingerprint density at radius 3 is 1.97 bits per heavy atom. The van der Waals surface area contributed by atoms with Crippen molar-refractivity contribution in [1.29, 1.82) is 0 Å². The van der Waals surface area contributed by atoms with Gasteiger partial charge < -0.3 is 9.80 Å². The van der Waals surface area contributed by atoms with Gasteiger partial charge in [0, 0.05) is 51.5 Å². The molecule has 3 aromatic carbocycles. The molecule has 0 unspecified atom stereocenters. The fourth-order valence-electron chi connectivity index (χ4n) is 5.17. The molecule has 0 N–H and O–H groups in total. The van der Waals surface area contributed by atoms with E-state index in [1.807, 2.05) is 48.2 Å². The summed E-state index contributed by atoms with van der Waals surface area (Å²) in [5, 5.41) is 0. The molecule has 0 bridgehead atoms. The van der Waals surface area contributed by atoms with Crippen LogP contribution < -0.4 is 4.90 Å². The monoisotopic (exact) mass is 425 g/mol. The molecule has 2 aliphatic rings. The van der Waals surface area contributed by atoms with E-state index in [-0.39, 0.29) is 11.9 Å². The topological polar surface area (TPSA) is 26.8 Å². The highest BCUT2D eigenvalue weighted by Crippen LogP contribution is 2.37. The van der Waals surface area contributed by atoms with Crippen LogP contribution in [-0.2, 0) is 12.8 Å². The molecule has 1 aliphatic heterocycles. The van der Waals surface area contributed by atoms with Crippen molar-refractivity contribution in [2.75, 3.05) is 45.2 Å². The summed E-state index contributed by atoms with van der Waals surface area (Å²) in [6.07, 6.45) is 2.18. The third-order valence-electron chi connectivity index (χ3n) is 6.94. The summed E-state index contributed by atoms with van der Waals surface area (Å²) in [7, 11) is 4.01. The van der Waals surface area contributed by atoms with Crippen molar-refractivity contribution in [2.45, 2.75) is 18.9 Å². The zero-order chi connectivity index (χ0) is 22.1. The maximum absolute atomic E-state index is 13.2. The van der Waals surface area contributed by atoms with Crippen LogP contribution in [0.3, 0.4) is 0 Å². The van der Waals surface area contributed by atoms with Gasteiger partial charge in [-0.1, -0.05) is 54.6 Å². The quantitative estimate of drug-likeness (QED) is 0.622. The standard InChI is InChI=1S/C28H31N3O/c1-29(2)24-11-7-10-23(20-24)28(32)31-18-16-30(17-19-31)27-25-12-5-3-8-21(25)14-15-22-9-4-6-13-26(22)27/h3-13,20,27H,14-19H2,1-2H3. The Balaban J connectivity index is 1.38. The van der Waals surface area contributed by atoms with Crippen LogP contribution >= 0.6 is 0 Å². The molecule has 0 spiro atoms. The Bertz CT molecular complexity index is 1070. The second-order valence-corrected chi connectivity index (χ2v) is 9.07. The van der Waals surface area contributed by atoms with E-state index in [4.69, 9.17) is 0 Å². The average molecular weight is 426 g/mol. The second kappa shape index (κ2) is 8.79. The van der Waals surface area contributed by atoms with Crippen molar-refractivity contribution in [1.82, 2.24) is 9.80 Å². The summed E-state index contributed by atoms with van der Waals surface area (Å²) in [6.45, 7) is 3.27. The van der Waals surface area contributed by atoms with Crippen LogP contribution in [0.25, 0.3) is 0 Å². The van der Waals surface area contributed by atoms with E-state index < -0.39 is 0 Å². The molecule has 4 heteroatoms. The largest absolute Gasteiger partial charge is 0.378 e. The summed E-state index contributed by atoms with van der Waals surface area (Å²) in [5.41, 5.74) is 7.59. The van der Waals surface area contributed by atoms with E-state index in [2.05, 4.69) is 53.4 Å². The number of hydrogen-bond acceptors (Lipinski definition) is 3. The van der Waals surface area contributed by atoms with Gasteiger partial charge in [0.25, 0.3) is 5.91 Å². The fraction of sp³-hybridized carbons (Fsp3) is 0.321. The van der Waals surface area contributed by atoms with Crippen LogP contribution in [0.1, 0.15) is 38.7 Å². The van der Waals surface area contributed by atoms with Crippen LogP contribution in [0.4, 0.5) is 5.69 Å². The number of benzene rings is 3. The first-order valence-electron chi connectivity index (χ1n) is 11.6. The molecule has 1 amide bonds. The molecule has 0 aromatic heterocycles. The number of rotatable bonds is 3. The molecule has 0 radical (unpaired) electrons. The Morgan fingerprint density at radius 1 is 0.781 bits per heavy atom. The molecule has 164 valence electrons. The molecule has 0 atom stereocenters. The molecule has 4 nitrogen and oxygen atoms in total. The number of piperazine rings is 1. The van der Waals surface area contributed by atoms with E-state index >= 15 is 0 Å². The van der Waals surface area contributed by atoms with Gasteiger partial charge >= 0.3 is 0 Å². The minimum atomic E-state index is 0.134. The smallest absolute Gasteiger partial charge is 0.254 e. The predicted octanol–water partition coefficient (Wildman–Crippen LogP) is 4.40. The van der Waals surface area contributed by atoms with Gasteiger partial charge in [-0.25, -0.2) is 0 Å². The van der Waals surface area contributed by atoms with Crippen molar-refractivity contribution < 1.29 is 4.79 Å². The number of aryl methyl sites for hydroxylation is 2. The van der Waals surface area contributed by atoms with E-state index in [0.717, 1.165) is 50.3 Å². The highest BCUT2D eigenvalue weighted by molar-refractivity contribution is 5.95. The lowest BCUT2D eigenvalue weighted by molar-refractivity contribution is 0.0597. The lowest BCUT2D eigenvalue weighted by Crippen LogP contribution is -2.50. The van der Waals surface area contributed by atoms with E-state index in [1.54, 1.807) is 0 Å². The fourth-order valence-corrected chi connectivity index (χ4v) is 5.17. The Hall–Kier alpha value is -3.11. The molecular weight excluding hydrogens is 394 g/mol. The minimum Gasteiger partial charge on any atom is -0.378 e. The number of fused-ring (bicyclic) bond motifs is 2. The molecule has 3 aromatic rings. The lowest BCUT2D eigenvalue weighted by atomic mass is 9.92. The predicted molar refractivity (Wildman–Crippen MR) is 130 cm³/mol. The second-order valence-electron chi connectivity index (χ2n) is 9.07. The van der Waals surface area contributed by atoms with E-state index in [9.17, 15) is 4.79 Å². The van der Waals surface area contributed by atoms with Crippen LogP contribution in [0.5, 0.6) is 0 Å². The van der Waals surface area contributed by atoms with Gasteiger partial charge in [0.2, 0.25) is 0 Å². The summed E-state index contributed by atoms with van der Waals surface area (Å²) < 4.78 is 0. The summed E-state index contributed by atoms with van der Waals surface area (Å²) in [6, 6.07) is 26.0. The molecule has 1 heterocycles. The molecule has 5 rings (SSSR count). The Morgan fingerprint density at radius 2 is 1.38 bits per heavy atom. The third-order valence-corrected chi connectivity index (χ3v) is 6.94. The Kier molecular flexibility index (Phi) is 5.71. The summed E-state index contributed by atoms with van der Waals surface area (Å²) in [5.74, 6) is 0.134. The average Bonchev–Trinajstić information content (AvgIpc) is 3.01. The van der Waals surface area contributed by atoms with Gasteiger partial charge in [0.15, 0.2) is 0 Å². The first-order chi connectivity index (χ1) is 15.6. The molecule has 0 saturated carbocycles. The van der Waals surface area contributed by atoms with Crippen molar-refractivity contribution in [2.24, 2.45) is 0 Å². The number of nitrogens with zero attached hydrogens (tertiary/aromatic N) is 3. The van der Waals surface area contributed by atoms with Gasteiger partial charge in [0.1, 0.15) is 0 Å². The first-order valence-corrected chi connectivity index (χ1v) is 11.6. The van der Waals surface area contributed by atoms with Gasteiger partial charge in [0.05, 0.1) is 6.04 Å². The third kappa shape index (κ3) is 3.91. The number of carbonyl (C=O) groups excluding carboxylic acids is 1. The zero-order valence-electron chi connectivity index (χ0n) is 19.0. The van der Waals surface area contributed by atoms with Crippen LogP contribution in [0.15, 0.2) is 72.8 Å². The zero-order valence-corrected chi connectivity index (χ0v) is 19.0. The highest BCUT2D eigenvalue weighted by atomic mass is 16.2. The van der Waals surface area contributed by atoms with Crippen molar-refractivity contribution in [3.05, 3.63) is 101 Å². The van der Waals surface area contributed by atoms with E-state index in [1.165, 1.54) is 22.3 Å². The maximum Gasteiger partial charge on any atom is 0.254 e. The van der Waals surface area contributed by atoms with Gasteiger partial charge in [-0.3, -0.25) is 9.69 Å². The van der Waals surface area contributed by atoms with Crippen molar-refractivity contribution >= 4 is 11.6 Å². The SMILES string of the molecule is CN(C)c1cccc(C(=O)N2CCN(C3c4ccccc4CCc4ccccc43)CC2)c1. The lowest BCUT2D eigenvalue weighted by Gasteiger charge is -2.40. The van der Waals surface area contributed by atoms with Gasteiger partial charge in [-0.05, 0) is 53.3 Å². The van der Waals surface area contributed by atoms with Crippen molar-refractivity contribution in [3.8, 4) is 0 Å². The Labute approximate surface area is 191 Å². The van der Waals surface area contributed by atoms with Crippen LogP contribution in [0.2, 0.25) is 0 Å². The van der Waals surface area contributed by atoms with Crippen LogP contribution in [-0.4, -0.2) is 56.0 Å². The first kappa shape index (κ1) is 20.8. The normalized spacial score (nSPS) is 16.8. The van der Waals surface area contributed by atoms with Gasteiger partial charge in [-0.15, -0.1) is 0 Å². The van der Waals surface area contributed by atoms with Crippen LogP contribution in [0, 0.1) is 0 Å². The van der Waals surface area contributed by atoms with Gasteiger partial charge in [-0.2, -0.15) is 0 Å². The number of hydrogen-bond donors (Lipinski definition) is 0. The molecular formula is C28H31N3O. The minimum absolute atomic E-state index is 0.134. The molecule has 32 heavy (non-hydrogen) atoms. The maximum atomic E-state index is 13.2. The number of carbonyl (C=O) groups is 1. The molecule has 1 saturated heterocycles. The molecule has 1 fully saturated rings. The number of amides is 1.